The van der Waals surface area contributed by atoms with E-state index < -0.39 is 178 Å². The molecule has 3 saturated heterocycles. The number of allylic oxidation sites excluding steroid dienone is 4. The number of aliphatic hydroxyl groups excluding tert-OH is 3. The molecule has 0 aromatic rings. The highest BCUT2D eigenvalue weighted by atomic mass is 19.1. The molecule has 3 aliphatic heterocycles. The SMILES string of the molecule is CC[C@H]1OC(=O)[C@H](C)[C@@H](OC2C[C@](C)(OC)[C@H](O)C(C)O2)[C@H](C)[C@@H](OC2OC(C)C[C@@H](N(C)C)C2OC(=O)CCCCOC(=O)[C@@]2(O)[C@H](C)CC3C4C[C@H](F)C5=CC(=O)C=C[C@]5(C)[C@@]4(F)[C@@H](O)C[C@@]32C)[C@](C)(O)C[C@@H](C)CN(C)[C@H](C)[C@@H](O)[C@]1(C)O. The number of carbonyl (C=O) groups is 4. The molecule has 0 bridgehead atoms. The molecule has 6 fully saturated rings. The zero-order valence-corrected chi connectivity index (χ0v) is 54.0. The molecule has 22 heteroatoms. The van der Waals surface area contributed by atoms with Gasteiger partial charge in [-0.3, -0.25) is 14.4 Å². The van der Waals surface area contributed by atoms with E-state index in [0.29, 0.717) is 13.0 Å². The molecule has 0 aromatic heterocycles. The monoisotopic (exact) mass is 1230 g/mol. The summed E-state index contributed by atoms with van der Waals surface area (Å²) >= 11 is 0. The summed E-state index contributed by atoms with van der Waals surface area (Å²) in [6.45, 7) is 22.1. The van der Waals surface area contributed by atoms with E-state index >= 15 is 8.78 Å². The lowest BCUT2D eigenvalue weighted by atomic mass is 9.44. The number of carbonyl (C=O) groups excluding carboxylic acids is 4. The maximum absolute atomic E-state index is 17.8. The highest BCUT2D eigenvalue weighted by Gasteiger charge is 2.77. The summed E-state index contributed by atoms with van der Waals surface area (Å²) in [6.07, 6.45) is -10.0. The molecular formula is C64H104F2N2O18. The van der Waals surface area contributed by atoms with Crippen molar-refractivity contribution < 1.29 is 96.5 Å². The van der Waals surface area contributed by atoms with Gasteiger partial charge in [0.05, 0.1) is 60.3 Å². The fourth-order valence-electron chi connectivity index (χ4n) is 16.7. The summed E-state index contributed by atoms with van der Waals surface area (Å²) in [5, 5.41) is 72.2. The first kappa shape index (κ1) is 70.4. The van der Waals surface area contributed by atoms with Crippen LogP contribution in [0.1, 0.15) is 154 Å². The second-order valence-electron chi connectivity index (χ2n) is 28.5. The van der Waals surface area contributed by atoms with Crippen LogP contribution >= 0.6 is 0 Å². The van der Waals surface area contributed by atoms with E-state index in [2.05, 4.69) is 0 Å². The third-order valence-electron chi connectivity index (χ3n) is 22.0. The van der Waals surface area contributed by atoms with E-state index in [0.717, 1.165) is 6.08 Å². The van der Waals surface area contributed by atoms with Crippen LogP contribution in [0.3, 0.4) is 0 Å². The number of hydrogen-bond donors (Lipinski definition) is 6. The summed E-state index contributed by atoms with van der Waals surface area (Å²) in [4.78, 5) is 59.1. The Kier molecular flexibility index (Phi) is 21.5. The second-order valence-corrected chi connectivity index (χ2v) is 28.5. The van der Waals surface area contributed by atoms with Crippen molar-refractivity contribution in [2.75, 3.05) is 41.4 Å². The number of alkyl halides is 2. The van der Waals surface area contributed by atoms with Gasteiger partial charge < -0.3 is 78.3 Å². The van der Waals surface area contributed by atoms with Crippen molar-refractivity contribution in [1.29, 1.82) is 0 Å². The van der Waals surface area contributed by atoms with Gasteiger partial charge in [0, 0.05) is 55.2 Å². The third kappa shape index (κ3) is 12.8. The Morgan fingerprint density at radius 2 is 1.52 bits per heavy atom. The fourth-order valence-corrected chi connectivity index (χ4v) is 16.7. The number of methoxy groups -OCH3 is 1. The normalized spacial score (nSPS) is 48.9. The lowest BCUT2D eigenvalue weighted by Gasteiger charge is -2.62. The molecule has 3 heterocycles. The summed E-state index contributed by atoms with van der Waals surface area (Å²) < 4.78 is 84.7. The Hall–Kier alpha value is -3.10. The first-order valence-corrected chi connectivity index (χ1v) is 31.4. The lowest BCUT2D eigenvalue weighted by Crippen LogP contribution is -2.70. The number of rotatable bonds is 14. The smallest absolute Gasteiger partial charge is 0.338 e. The van der Waals surface area contributed by atoms with Crippen molar-refractivity contribution in [2.24, 2.45) is 46.3 Å². The number of fused-ring (bicyclic) bond motifs is 5. The summed E-state index contributed by atoms with van der Waals surface area (Å²) in [5.74, 6) is -7.76. The number of aliphatic hydroxyl groups is 6. The molecule has 3 saturated carbocycles. The van der Waals surface area contributed by atoms with Crippen LogP contribution in [-0.4, -0.2) is 219 Å². The predicted octanol–water partition coefficient (Wildman–Crippen LogP) is 5.46. The topological polar surface area (TPSA) is 270 Å². The van der Waals surface area contributed by atoms with Gasteiger partial charge in [0.1, 0.15) is 30.1 Å². The van der Waals surface area contributed by atoms with E-state index in [4.69, 9.17) is 37.9 Å². The van der Waals surface area contributed by atoms with Gasteiger partial charge in [-0.05, 0) is 163 Å². The van der Waals surface area contributed by atoms with E-state index in [-0.39, 0.29) is 75.9 Å². The molecular weight excluding hydrogens is 1120 g/mol. The maximum Gasteiger partial charge on any atom is 0.338 e. The van der Waals surface area contributed by atoms with Crippen molar-refractivity contribution >= 4 is 23.7 Å². The van der Waals surface area contributed by atoms with E-state index in [1.807, 2.05) is 37.7 Å². The molecule has 0 radical (unpaired) electrons. The summed E-state index contributed by atoms with van der Waals surface area (Å²) in [5.41, 5.74) is -12.4. The zero-order chi connectivity index (χ0) is 64.4. The second kappa shape index (κ2) is 26.2. The number of ketones is 1. The van der Waals surface area contributed by atoms with Gasteiger partial charge in [0.25, 0.3) is 0 Å². The predicted molar refractivity (Wildman–Crippen MR) is 311 cm³/mol. The number of esters is 3. The Balaban J connectivity index is 1.10. The minimum absolute atomic E-state index is 0.0230. The van der Waals surface area contributed by atoms with Crippen LogP contribution in [0.2, 0.25) is 0 Å². The van der Waals surface area contributed by atoms with Gasteiger partial charge in [-0.15, -0.1) is 0 Å². The van der Waals surface area contributed by atoms with Gasteiger partial charge in [-0.1, -0.05) is 40.7 Å². The molecule has 492 valence electrons. The average molecular weight is 1230 g/mol. The molecule has 0 amide bonds. The molecule has 7 aliphatic rings. The van der Waals surface area contributed by atoms with Gasteiger partial charge in [0.2, 0.25) is 0 Å². The zero-order valence-electron chi connectivity index (χ0n) is 54.0. The van der Waals surface area contributed by atoms with E-state index in [1.165, 1.54) is 33.1 Å². The highest BCUT2D eigenvalue weighted by Crippen LogP contribution is 2.71. The quantitative estimate of drug-likeness (QED) is 0.0716. The lowest BCUT2D eigenvalue weighted by molar-refractivity contribution is -0.319. The van der Waals surface area contributed by atoms with Crippen LogP contribution in [0.5, 0.6) is 0 Å². The van der Waals surface area contributed by atoms with E-state index in [1.54, 1.807) is 69.4 Å². The number of ether oxygens (including phenoxy) is 8. The number of cyclic esters (lactones) is 1. The Morgan fingerprint density at radius 1 is 0.860 bits per heavy atom. The van der Waals surface area contributed by atoms with Crippen molar-refractivity contribution in [2.45, 2.75) is 268 Å². The third-order valence-corrected chi connectivity index (χ3v) is 22.0. The fraction of sp³-hybridized carbons (Fsp3) is 0.875. The molecule has 0 aromatic carbocycles. The maximum atomic E-state index is 17.8. The van der Waals surface area contributed by atoms with Crippen LogP contribution in [0, 0.1) is 46.3 Å². The summed E-state index contributed by atoms with van der Waals surface area (Å²) in [6, 6.07) is -1.11. The average Bonchev–Trinajstić information content (AvgIpc) is 1.30. The number of hydrogen-bond acceptors (Lipinski definition) is 20. The summed E-state index contributed by atoms with van der Waals surface area (Å²) in [7, 11) is 6.95. The largest absolute Gasteiger partial charge is 0.464 e. The molecule has 27 atom stereocenters. The molecule has 7 unspecified atom stereocenters. The molecule has 86 heavy (non-hydrogen) atoms. The van der Waals surface area contributed by atoms with Gasteiger partial charge in [0.15, 0.2) is 35.7 Å². The molecule has 0 spiro atoms. The van der Waals surface area contributed by atoms with Gasteiger partial charge in [-0.2, -0.15) is 0 Å². The molecule has 7 rings (SSSR count). The van der Waals surface area contributed by atoms with Gasteiger partial charge >= 0.3 is 17.9 Å². The van der Waals surface area contributed by atoms with Crippen LogP contribution < -0.4 is 0 Å². The number of halogens is 2. The van der Waals surface area contributed by atoms with Crippen LogP contribution in [0.4, 0.5) is 8.78 Å². The molecule has 20 nitrogen and oxygen atoms in total. The molecule has 4 aliphatic carbocycles. The highest BCUT2D eigenvalue weighted by molar-refractivity contribution is 6.01. The van der Waals surface area contributed by atoms with E-state index in [9.17, 15) is 49.8 Å². The minimum atomic E-state index is -2.39. The minimum Gasteiger partial charge on any atom is -0.464 e. The van der Waals surface area contributed by atoms with Crippen molar-refractivity contribution in [3.63, 3.8) is 0 Å². The van der Waals surface area contributed by atoms with Crippen LogP contribution in [0.15, 0.2) is 23.8 Å². The molecule has 6 N–H and O–H groups in total. The van der Waals surface area contributed by atoms with Crippen molar-refractivity contribution in [3.05, 3.63) is 23.8 Å². The van der Waals surface area contributed by atoms with Crippen LogP contribution in [-0.2, 0) is 57.1 Å². The number of unbranched alkanes of at least 4 members (excludes halogenated alkanes) is 1. The Labute approximate surface area is 507 Å². The van der Waals surface area contributed by atoms with Gasteiger partial charge in [-0.25, -0.2) is 13.6 Å². The first-order chi connectivity index (χ1) is 39.8. The Bertz CT molecular complexity index is 2480. The number of nitrogens with zero attached hydrogens (tertiary/aromatic N) is 2. The van der Waals surface area contributed by atoms with Crippen LogP contribution in [0.25, 0.3) is 0 Å². The van der Waals surface area contributed by atoms with Crippen molar-refractivity contribution in [1.82, 2.24) is 9.80 Å². The Morgan fingerprint density at radius 3 is 2.15 bits per heavy atom. The standard InChI is InChI=1S/C64H104F2N2O18/c1-18-47-62(13,77)52(72)38(7)68(16)32-33(2)29-60(11,76)54(36(5)50(37(6)55(74)83-47)85-49-31-61(12,79-17)53(73)39(8)82-49)86-56-51(45(67(14)15)26-35(4)81-56)84-48(71)21-19-20-24-80-57(75)64(78)34(3)25-41-42-28-44(65)43-27-40(69)22-23-58(43,9)63(42,66)46(70)30-59(41,64)10/h22-23,27,33-39,41-42,44-47,49-54,56,70,72-73,76-78H,18-21,24-26,28-32H2,1-17H3/t33-,34-,35?,36+,37-,38-,39?,41?,42?,44+,45-,46+,47-,49?,50+,51?,52-,53-,54-,56?,58+,59+,60-,61+,62-,63+,64+/m1/s1. The first-order valence-electron chi connectivity index (χ1n) is 31.4. The van der Waals surface area contributed by atoms with Crippen molar-refractivity contribution in [3.8, 4) is 0 Å². The number of likely N-dealkylation sites (N-methyl/N-ethyl adjacent to an activating group) is 2.